The number of fused-ring (bicyclic) bond motifs is 5. The number of anilines is 2. The molecule has 0 aliphatic carbocycles. The van der Waals surface area contributed by atoms with E-state index in [0.717, 1.165) is 28.2 Å². The summed E-state index contributed by atoms with van der Waals surface area (Å²) in [4.78, 5) is 34.6. The van der Waals surface area contributed by atoms with Crippen LogP contribution in [0.2, 0.25) is 10.0 Å². The van der Waals surface area contributed by atoms with E-state index >= 15 is 0 Å². The lowest BCUT2D eigenvalue weighted by Crippen LogP contribution is -2.21. The quantitative estimate of drug-likeness (QED) is 0.152. The first-order chi connectivity index (χ1) is 20.5. The summed E-state index contributed by atoms with van der Waals surface area (Å²) in [5.41, 5.74) is 4.63. The average molecular weight is 663 g/mol. The number of nitriles is 1. The van der Waals surface area contributed by atoms with Gasteiger partial charge in [0.15, 0.2) is 6.61 Å². The second kappa shape index (κ2) is 13.5. The highest BCUT2D eigenvalue weighted by molar-refractivity contribution is 6.39. The van der Waals surface area contributed by atoms with Gasteiger partial charge in [0.2, 0.25) is 0 Å². The second-order valence-corrected chi connectivity index (χ2v) is 8.88. The van der Waals surface area contributed by atoms with E-state index in [2.05, 4.69) is 20.3 Å². The van der Waals surface area contributed by atoms with Crippen LogP contribution in [0.4, 0.5) is 37.8 Å². The smallest absolute Gasteiger partial charge is 0.479 e. The number of rotatable bonds is 3. The predicted molar refractivity (Wildman–Crippen MR) is 142 cm³/mol. The standard InChI is InChI=1S/C21H12Cl2N6O.2C2HF3O2/c22-14-8-11(30-7-4-24)9-15(23)17(14)21-28-18-12-3-6-25-10-16(12)27-20-13(19(18)29-21)2-1-5-26-20;2*3-2(4,5)1(6)7/h1-3,5-6,8-10H,7H2,(H,26,27)(H,28,29);2*(H,6,7). The van der Waals surface area contributed by atoms with E-state index in [1.54, 1.807) is 30.7 Å². The number of aromatic nitrogens is 4. The van der Waals surface area contributed by atoms with Crippen LogP contribution >= 0.6 is 23.2 Å². The molecule has 4 aromatic rings. The van der Waals surface area contributed by atoms with Gasteiger partial charge in [-0.25, -0.2) is 19.6 Å². The molecule has 0 atom stereocenters. The molecule has 0 unspecified atom stereocenters. The second-order valence-electron chi connectivity index (χ2n) is 8.07. The van der Waals surface area contributed by atoms with Gasteiger partial charge in [-0.15, -0.1) is 0 Å². The monoisotopic (exact) mass is 662 g/mol. The Hall–Kier alpha value is -5.08. The molecule has 0 radical (unpaired) electrons. The molecule has 44 heavy (non-hydrogen) atoms. The molecule has 0 spiro atoms. The third-order valence-corrected chi connectivity index (χ3v) is 5.75. The Morgan fingerprint density at radius 3 is 2.11 bits per heavy atom. The summed E-state index contributed by atoms with van der Waals surface area (Å²) in [5, 5.41) is 27.0. The van der Waals surface area contributed by atoms with Crippen LogP contribution in [-0.4, -0.2) is 61.0 Å². The fourth-order valence-corrected chi connectivity index (χ4v) is 4.04. The zero-order valence-electron chi connectivity index (χ0n) is 21.3. The van der Waals surface area contributed by atoms with Crippen molar-refractivity contribution in [3.05, 3.63) is 59.0 Å². The minimum absolute atomic E-state index is 0.0946. The maximum atomic E-state index is 10.6. The number of pyridine rings is 2. The number of carboxylic acid groups (broad SMARTS) is 2. The van der Waals surface area contributed by atoms with E-state index in [1.807, 2.05) is 24.3 Å². The molecule has 3 aromatic heterocycles. The highest BCUT2D eigenvalue weighted by Crippen LogP contribution is 2.45. The van der Waals surface area contributed by atoms with Gasteiger partial charge in [0.1, 0.15) is 29.2 Å². The number of hydrogen-bond donors (Lipinski definition) is 4. The minimum atomic E-state index is -5.08. The van der Waals surface area contributed by atoms with Crippen molar-refractivity contribution in [2.75, 3.05) is 11.9 Å². The maximum Gasteiger partial charge on any atom is 0.490 e. The maximum absolute atomic E-state index is 10.6. The molecule has 0 saturated heterocycles. The normalized spacial score (nSPS) is 11.3. The van der Waals surface area contributed by atoms with Crippen LogP contribution in [0.25, 0.3) is 33.9 Å². The Labute approximate surface area is 251 Å². The van der Waals surface area contributed by atoms with Gasteiger partial charge in [0.25, 0.3) is 0 Å². The number of aromatic amines is 1. The van der Waals surface area contributed by atoms with Crippen molar-refractivity contribution in [2.45, 2.75) is 12.4 Å². The summed E-state index contributed by atoms with van der Waals surface area (Å²) in [5.74, 6) is -3.90. The third kappa shape index (κ3) is 8.05. The zero-order valence-corrected chi connectivity index (χ0v) is 22.8. The molecule has 5 rings (SSSR count). The molecule has 1 aliphatic rings. The van der Waals surface area contributed by atoms with Crippen LogP contribution in [0.1, 0.15) is 0 Å². The van der Waals surface area contributed by atoms with Crippen LogP contribution in [-0.2, 0) is 9.59 Å². The van der Waals surface area contributed by atoms with Crippen LogP contribution in [0.5, 0.6) is 5.75 Å². The van der Waals surface area contributed by atoms with Crippen LogP contribution in [0.15, 0.2) is 48.9 Å². The first kappa shape index (κ1) is 33.4. The van der Waals surface area contributed by atoms with Gasteiger partial charge in [0.05, 0.1) is 33.2 Å². The Kier molecular flexibility index (Phi) is 10.2. The highest BCUT2D eigenvalue weighted by Gasteiger charge is 2.39. The minimum Gasteiger partial charge on any atom is -0.479 e. The van der Waals surface area contributed by atoms with Crippen LogP contribution in [0, 0.1) is 11.3 Å². The SMILES string of the molecule is N#CCOc1cc(Cl)c(-c2nc3c([nH]2)-c2ccncc2Nc2ncccc2-3)c(Cl)c1.O=C(O)C(F)(F)F.O=C(O)C(F)(F)F. The Bertz CT molecular complexity index is 1630. The number of imidazole rings is 1. The lowest BCUT2D eigenvalue weighted by Gasteiger charge is -2.09. The van der Waals surface area contributed by atoms with Crippen molar-refractivity contribution in [1.29, 1.82) is 5.26 Å². The Morgan fingerprint density at radius 1 is 0.977 bits per heavy atom. The van der Waals surface area contributed by atoms with Gasteiger partial charge in [-0.1, -0.05) is 23.2 Å². The molecule has 0 bridgehead atoms. The molecule has 4 N–H and O–H groups in total. The number of ether oxygens (including phenoxy) is 1. The van der Waals surface area contributed by atoms with Crippen LogP contribution < -0.4 is 10.1 Å². The summed E-state index contributed by atoms with van der Waals surface area (Å²) in [7, 11) is 0. The van der Waals surface area contributed by atoms with E-state index < -0.39 is 24.3 Å². The highest BCUT2D eigenvalue weighted by atomic mass is 35.5. The lowest BCUT2D eigenvalue weighted by molar-refractivity contribution is -0.193. The molecule has 1 aliphatic heterocycles. The van der Waals surface area contributed by atoms with Crippen molar-refractivity contribution in [3.63, 3.8) is 0 Å². The summed E-state index contributed by atoms with van der Waals surface area (Å²) in [6.07, 6.45) is -4.99. The van der Waals surface area contributed by atoms with Crippen molar-refractivity contribution >= 4 is 46.6 Å². The van der Waals surface area contributed by atoms with E-state index in [0.29, 0.717) is 33.0 Å². The molecular formula is C25H14Cl2F6N6O5. The molecule has 11 nitrogen and oxygen atoms in total. The van der Waals surface area contributed by atoms with Crippen LogP contribution in [0.3, 0.4) is 0 Å². The summed E-state index contributed by atoms with van der Waals surface area (Å²) in [6.45, 7) is -0.0946. The third-order valence-electron chi connectivity index (χ3n) is 5.15. The number of alkyl halides is 6. The van der Waals surface area contributed by atoms with Crippen molar-refractivity contribution in [3.8, 4) is 45.7 Å². The van der Waals surface area contributed by atoms with E-state index in [-0.39, 0.29) is 6.61 Å². The molecule has 4 heterocycles. The number of benzene rings is 1. The van der Waals surface area contributed by atoms with Gasteiger partial charge < -0.3 is 25.3 Å². The first-order valence-electron chi connectivity index (χ1n) is 11.4. The molecule has 0 fully saturated rings. The number of H-pyrrole nitrogens is 1. The Balaban J connectivity index is 0.000000317. The largest absolute Gasteiger partial charge is 0.490 e. The number of nitrogens with zero attached hydrogens (tertiary/aromatic N) is 4. The van der Waals surface area contributed by atoms with Gasteiger partial charge >= 0.3 is 24.3 Å². The van der Waals surface area contributed by atoms with E-state index in [9.17, 15) is 26.3 Å². The lowest BCUT2D eigenvalue weighted by atomic mass is 10.1. The van der Waals surface area contributed by atoms with Crippen molar-refractivity contribution in [1.82, 2.24) is 19.9 Å². The first-order valence-corrected chi connectivity index (χ1v) is 12.2. The summed E-state index contributed by atoms with van der Waals surface area (Å²) >= 11 is 13.0. The van der Waals surface area contributed by atoms with E-state index in [1.165, 1.54) is 0 Å². The van der Waals surface area contributed by atoms with E-state index in [4.69, 9.17) is 58.0 Å². The summed E-state index contributed by atoms with van der Waals surface area (Å²) < 4.78 is 68.8. The number of hydrogen-bond acceptors (Lipinski definition) is 8. The molecule has 1 aromatic carbocycles. The molecule has 0 amide bonds. The number of aliphatic carboxylic acids is 2. The van der Waals surface area contributed by atoms with Crippen molar-refractivity contribution in [2.24, 2.45) is 0 Å². The zero-order chi connectivity index (χ0) is 32.8. The van der Waals surface area contributed by atoms with Gasteiger partial charge in [-0.2, -0.15) is 31.6 Å². The molecule has 230 valence electrons. The summed E-state index contributed by atoms with van der Waals surface area (Å²) in [6, 6.07) is 10.8. The van der Waals surface area contributed by atoms with Gasteiger partial charge in [-0.3, -0.25) is 4.98 Å². The van der Waals surface area contributed by atoms with Gasteiger partial charge in [0, 0.05) is 23.5 Å². The Morgan fingerprint density at radius 2 is 1.57 bits per heavy atom. The van der Waals surface area contributed by atoms with Gasteiger partial charge in [-0.05, 0) is 30.3 Å². The molecule has 0 saturated carbocycles. The average Bonchev–Trinajstić information content (AvgIpc) is 3.31. The molecular weight excluding hydrogens is 649 g/mol. The van der Waals surface area contributed by atoms with Crippen molar-refractivity contribution < 1.29 is 50.9 Å². The molecule has 19 heteroatoms. The number of carboxylic acids is 2. The fourth-order valence-electron chi connectivity index (χ4n) is 3.39. The number of nitrogens with one attached hydrogen (secondary N) is 2. The topological polar surface area (TPSA) is 174 Å². The number of halogens is 8. The number of carbonyl (C=O) groups is 2. The fraction of sp³-hybridized carbons (Fsp3) is 0.120. The predicted octanol–water partition coefficient (Wildman–Crippen LogP) is 6.73.